The van der Waals surface area contributed by atoms with Gasteiger partial charge in [0, 0.05) is 6.07 Å². The van der Waals surface area contributed by atoms with Gasteiger partial charge in [0.1, 0.15) is 11.8 Å². The molecular weight excluding hydrogens is 208 g/mol. The van der Waals surface area contributed by atoms with E-state index in [1.54, 1.807) is 6.07 Å². The van der Waals surface area contributed by atoms with Gasteiger partial charge in [0.2, 0.25) is 6.79 Å². The van der Waals surface area contributed by atoms with Crippen molar-refractivity contribution in [2.45, 2.75) is 6.42 Å². The van der Waals surface area contributed by atoms with Gasteiger partial charge in [-0.3, -0.25) is 0 Å². The van der Waals surface area contributed by atoms with Crippen molar-refractivity contribution in [2.24, 2.45) is 5.73 Å². The largest absolute Gasteiger partial charge is 0.478 e. The molecule has 0 saturated carbocycles. The molecular formula is C11H12N2O3. The van der Waals surface area contributed by atoms with Crippen molar-refractivity contribution in [3.05, 3.63) is 17.7 Å². The average Bonchev–Trinajstić information content (AvgIpc) is 2.73. The van der Waals surface area contributed by atoms with E-state index in [4.69, 9.17) is 25.2 Å². The van der Waals surface area contributed by atoms with E-state index in [1.165, 1.54) is 0 Å². The van der Waals surface area contributed by atoms with E-state index in [-0.39, 0.29) is 13.4 Å². The van der Waals surface area contributed by atoms with Gasteiger partial charge in [-0.1, -0.05) is 0 Å². The predicted molar refractivity (Wildman–Crippen MR) is 56.4 cm³/mol. The summed E-state index contributed by atoms with van der Waals surface area (Å²) in [6.07, 6.45) is 0.678. The molecule has 0 atom stereocenters. The lowest BCUT2D eigenvalue weighted by Gasteiger charge is -2.09. The van der Waals surface area contributed by atoms with Gasteiger partial charge in [-0.15, -0.1) is 0 Å². The van der Waals surface area contributed by atoms with Crippen LogP contribution >= 0.6 is 0 Å². The molecule has 1 aromatic rings. The molecule has 0 fully saturated rings. The van der Waals surface area contributed by atoms with Gasteiger partial charge in [-0.2, -0.15) is 5.26 Å². The number of nitriles is 1. The van der Waals surface area contributed by atoms with Gasteiger partial charge in [-0.25, -0.2) is 0 Å². The van der Waals surface area contributed by atoms with Crippen molar-refractivity contribution in [2.75, 3.05) is 19.9 Å². The molecule has 0 radical (unpaired) electrons. The molecule has 2 rings (SSSR count). The van der Waals surface area contributed by atoms with Gasteiger partial charge < -0.3 is 19.9 Å². The van der Waals surface area contributed by atoms with Crippen LogP contribution in [0.1, 0.15) is 5.56 Å². The second kappa shape index (κ2) is 4.73. The zero-order valence-electron chi connectivity index (χ0n) is 8.73. The number of nitrogens with two attached hydrogens (primary N) is 1. The molecule has 1 aliphatic heterocycles. The Kier molecular flexibility index (Phi) is 3.13. The van der Waals surface area contributed by atoms with Gasteiger partial charge >= 0.3 is 0 Å². The molecule has 5 heteroatoms. The van der Waals surface area contributed by atoms with Crippen LogP contribution in [-0.2, 0) is 6.42 Å². The standard InChI is InChI=1S/C11H12N2O3/c12-2-1-8-5-10-11(16-7-15-10)6-9(8)14-4-3-13/h5-6H,1-2,4,7,12H2. The maximum atomic E-state index is 8.49. The van der Waals surface area contributed by atoms with Gasteiger partial charge in [0.15, 0.2) is 18.1 Å². The predicted octanol–water partition coefficient (Wildman–Crippen LogP) is 0.819. The summed E-state index contributed by atoms with van der Waals surface area (Å²) in [7, 11) is 0. The zero-order chi connectivity index (χ0) is 11.4. The lowest BCUT2D eigenvalue weighted by molar-refractivity contribution is 0.174. The number of ether oxygens (including phenoxy) is 3. The van der Waals surface area contributed by atoms with Crippen molar-refractivity contribution in [1.82, 2.24) is 0 Å². The fraction of sp³-hybridized carbons (Fsp3) is 0.364. The van der Waals surface area contributed by atoms with E-state index in [0.717, 1.165) is 5.56 Å². The van der Waals surface area contributed by atoms with Crippen LogP contribution in [0.4, 0.5) is 0 Å². The Balaban J connectivity index is 2.29. The van der Waals surface area contributed by atoms with E-state index in [1.807, 2.05) is 12.1 Å². The Morgan fingerprint density at radius 1 is 1.38 bits per heavy atom. The first-order chi connectivity index (χ1) is 7.85. The maximum Gasteiger partial charge on any atom is 0.231 e. The highest BCUT2D eigenvalue weighted by atomic mass is 16.7. The van der Waals surface area contributed by atoms with E-state index >= 15 is 0 Å². The highest BCUT2D eigenvalue weighted by molar-refractivity contribution is 5.52. The topological polar surface area (TPSA) is 77.5 Å². The summed E-state index contributed by atoms with van der Waals surface area (Å²) in [4.78, 5) is 0. The summed E-state index contributed by atoms with van der Waals surface area (Å²) < 4.78 is 15.8. The van der Waals surface area contributed by atoms with E-state index < -0.39 is 0 Å². The smallest absolute Gasteiger partial charge is 0.231 e. The Morgan fingerprint density at radius 3 is 2.81 bits per heavy atom. The quantitative estimate of drug-likeness (QED) is 0.812. The number of benzene rings is 1. The fourth-order valence-corrected chi connectivity index (χ4v) is 1.56. The molecule has 84 valence electrons. The monoisotopic (exact) mass is 220 g/mol. The third-order valence-corrected chi connectivity index (χ3v) is 2.26. The molecule has 0 aromatic heterocycles. The number of rotatable bonds is 4. The van der Waals surface area contributed by atoms with Crippen molar-refractivity contribution in [3.8, 4) is 23.3 Å². The first-order valence-electron chi connectivity index (χ1n) is 4.97. The summed E-state index contributed by atoms with van der Waals surface area (Å²) in [6.45, 7) is 0.749. The molecule has 16 heavy (non-hydrogen) atoms. The molecule has 1 aromatic carbocycles. The lowest BCUT2D eigenvalue weighted by Crippen LogP contribution is -2.05. The van der Waals surface area contributed by atoms with Crippen molar-refractivity contribution >= 4 is 0 Å². The molecule has 0 amide bonds. The summed E-state index contributed by atoms with van der Waals surface area (Å²) in [6, 6.07) is 5.52. The third kappa shape index (κ3) is 2.02. The van der Waals surface area contributed by atoms with Crippen LogP contribution in [0.5, 0.6) is 17.2 Å². The Morgan fingerprint density at radius 2 is 2.12 bits per heavy atom. The highest BCUT2D eigenvalue weighted by Gasteiger charge is 2.17. The van der Waals surface area contributed by atoms with Crippen molar-refractivity contribution < 1.29 is 14.2 Å². The lowest BCUT2D eigenvalue weighted by atomic mass is 10.1. The molecule has 0 saturated heterocycles. The molecule has 1 aliphatic rings. The Bertz CT molecular complexity index is 426. The molecule has 0 bridgehead atoms. The van der Waals surface area contributed by atoms with Crippen molar-refractivity contribution in [1.29, 1.82) is 5.26 Å². The minimum atomic E-state index is 0.0111. The SMILES string of the molecule is N#CCOc1cc2c(cc1CCN)OCO2. The number of hydrogen-bond donors (Lipinski definition) is 1. The van der Waals surface area contributed by atoms with Gasteiger partial charge in [0.05, 0.1) is 0 Å². The number of hydrogen-bond acceptors (Lipinski definition) is 5. The van der Waals surface area contributed by atoms with Crippen LogP contribution in [0.3, 0.4) is 0 Å². The number of nitrogens with zero attached hydrogens (tertiary/aromatic N) is 1. The van der Waals surface area contributed by atoms with E-state index in [2.05, 4.69) is 0 Å². The van der Waals surface area contributed by atoms with Crippen molar-refractivity contribution in [3.63, 3.8) is 0 Å². The second-order valence-corrected chi connectivity index (χ2v) is 3.30. The van der Waals surface area contributed by atoms with Crippen LogP contribution in [0.25, 0.3) is 0 Å². The van der Waals surface area contributed by atoms with E-state index in [0.29, 0.717) is 30.2 Å². The average molecular weight is 220 g/mol. The maximum absolute atomic E-state index is 8.49. The Labute approximate surface area is 93.3 Å². The fourth-order valence-electron chi connectivity index (χ4n) is 1.56. The van der Waals surface area contributed by atoms with Gasteiger partial charge in [0.25, 0.3) is 0 Å². The first kappa shape index (κ1) is 10.6. The molecule has 2 N–H and O–H groups in total. The van der Waals surface area contributed by atoms with Crippen LogP contribution < -0.4 is 19.9 Å². The van der Waals surface area contributed by atoms with Gasteiger partial charge in [-0.05, 0) is 24.6 Å². The Hall–Kier alpha value is -1.93. The van der Waals surface area contributed by atoms with Crippen LogP contribution in [0.15, 0.2) is 12.1 Å². The van der Waals surface area contributed by atoms with Crippen LogP contribution in [0, 0.1) is 11.3 Å². The summed E-state index contributed by atoms with van der Waals surface area (Å²) in [5.41, 5.74) is 6.44. The number of fused-ring (bicyclic) bond motifs is 1. The normalized spacial score (nSPS) is 12.2. The van der Waals surface area contributed by atoms with E-state index in [9.17, 15) is 0 Å². The molecule has 0 unspecified atom stereocenters. The summed E-state index contributed by atoms with van der Waals surface area (Å²) in [5, 5.41) is 8.49. The van der Waals surface area contributed by atoms with Crippen LogP contribution in [-0.4, -0.2) is 19.9 Å². The minimum Gasteiger partial charge on any atom is -0.478 e. The molecule has 1 heterocycles. The van der Waals surface area contributed by atoms with Crippen LogP contribution in [0.2, 0.25) is 0 Å². The molecule has 0 spiro atoms. The highest BCUT2D eigenvalue weighted by Crippen LogP contribution is 2.38. The minimum absolute atomic E-state index is 0.0111. The summed E-state index contributed by atoms with van der Waals surface area (Å²) >= 11 is 0. The first-order valence-corrected chi connectivity index (χ1v) is 4.97. The third-order valence-electron chi connectivity index (χ3n) is 2.26. The second-order valence-electron chi connectivity index (χ2n) is 3.30. The molecule has 0 aliphatic carbocycles. The molecule has 5 nitrogen and oxygen atoms in total. The zero-order valence-corrected chi connectivity index (χ0v) is 8.73. The summed E-state index contributed by atoms with van der Waals surface area (Å²) in [5.74, 6) is 1.98.